The first-order chi connectivity index (χ1) is 10.3. The number of nitriles is 1. The van der Waals surface area contributed by atoms with Crippen molar-refractivity contribution in [1.29, 1.82) is 5.26 Å². The van der Waals surface area contributed by atoms with E-state index in [1.54, 1.807) is 0 Å². The molecular formula is C18H32N2S. The molecule has 1 aliphatic carbocycles. The van der Waals surface area contributed by atoms with Gasteiger partial charge in [0, 0.05) is 11.3 Å². The molecule has 2 fully saturated rings. The van der Waals surface area contributed by atoms with Crippen molar-refractivity contribution in [3.63, 3.8) is 0 Å². The third-order valence-corrected chi connectivity index (χ3v) is 6.59. The molecule has 1 N–H and O–H groups in total. The fourth-order valence-electron chi connectivity index (χ4n) is 3.88. The molecule has 1 saturated carbocycles. The van der Waals surface area contributed by atoms with E-state index in [2.05, 4.69) is 18.3 Å². The topological polar surface area (TPSA) is 35.8 Å². The number of nitrogens with zero attached hydrogens (tertiary/aromatic N) is 1. The Hall–Kier alpha value is -0.200. The van der Waals surface area contributed by atoms with Gasteiger partial charge >= 0.3 is 0 Å². The minimum absolute atomic E-state index is 0.0335. The number of hydrogen-bond donors (Lipinski definition) is 1. The average Bonchev–Trinajstić information content (AvgIpc) is 2.51. The fraction of sp³-hybridized carbons (Fsp3) is 0.944. The van der Waals surface area contributed by atoms with E-state index in [1.165, 1.54) is 77.0 Å². The Balaban J connectivity index is 1.85. The second-order valence-electron chi connectivity index (χ2n) is 6.92. The highest BCUT2D eigenvalue weighted by atomic mass is 32.2. The number of hydrogen-bond acceptors (Lipinski definition) is 3. The summed E-state index contributed by atoms with van der Waals surface area (Å²) < 4.78 is 0. The van der Waals surface area contributed by atoms with Crippen LogP contribution in [0.4, 0.5) is 0 Å². The molecule has 4 atom stereocenters. The predicted octanol–water partition coefficient (Wildman–Crippen LogP) is 5.24. The van der Waals surface area contributed by atoms with Crippen molar-refractivity contribution in [2.24, 2.45) is 5.92 Å². The molecule has 0 amide bonds. The monoisotopic (exact) mass is 308 g/mol. The lowest BCUT2D eigenvalue weighted by atomic mass is 9.91. The summed E-state index contributed by atoms with van der Waals surface area (Å²) in [6, 6.07) is 3.02. The fourth-order valence-corrected chi connectivity index (χ4v) is 5.24. The highest BCUT2D eigenvalue weighted by molar-refractivity contribution is 8.00. The molecule has 1 heterocycles. The number of thioether (sulfide) groups is 1. The smallest absolute Gasteiger partial charge is 0.142 e. The van der Waals surface area contributed by atoms with Crippen LogP contribution in [0.25, 0.3) is 0 Å². The van der Waals surface area contributed by atoms with Gasteiger partial charge in [-0.1, -0.05) is 64.7 Å². The van der Waals surface area contributed by atoms with Gasteiger partial charge in [-0.25, -0.2) is 0 Å². The third-order valence-electron chi connectivity index (χ3n) is 5.26. The maximum Gasteiger partial charge on any atom is 0.142 e. The minimum atomic E-state index is 0.0335. The largest absolute Gasteiger partial charge is 0.291 e. The van der Waals surface area contributed by atoms with Crippen LogP contribution in [-0.4, -0.2) is 16.7 Å². The summed E-state index contributed by atoms with van der Waals surface area (Å²) in [5.41, 5.74) is 0. The van der Waals surface area contributed by atoms with Crippen molar-refractivity contribution in [2.45, 2.75) is 101 Å². The molecule has 0 spiro atoms. The SMILES string of the molecule is CCC1CCCCCC2CC(CCCCC1)SC(C#N)N2. The van der Waals surface area contributed by atoms with E-state index < -0.39 is 0 Å². The summed E-state index contributed by atoms with van der Waals surface area (Å²) in [4.78, 5) is 0. The van der Waals surface area contributed by atoms with Gasteiger partial charge in [0.1, 0.15) is 5.37 Å². The van der Waals surface area contributed by atoms with E-state index >= 15 is 0 Å². The van der Waals surface area contributed by atoms with Crippen LogP contribution in [0.1, 0.15) is 84.0 Å². The summed E-state index contributed by atoms with van der Waals surface area (Å²) in [5.74, 6) is 0.975. The Labute approximate surface area is 135 Å². The first kappa shape index (κ1) is 17.2. The van der Waals surface area contributed by atoms with E-state index in [1.807, 2.05) is 11.8 Å². The van der Waals surface area contributed by atoms with Crippen LogP contribution in [-0.2, 0) is 0 Å². The zero-order chi connectivity index (χ0) is 14.9. The van der Waals surface area contributed by atoms with Crippen molar-refractivity contribution in [1.82, 2.24) is 5.32 Å². The molecule has 0 aromatic carbocycles. The van der Waals surface area contributed by atoms with Crippen LogP contribution < -0.4 is 5.32 Å². The number of rotatable bonds is 1. The van der Waals surface area contributed by atoms with Crippen molar-refractivity contribution in [2.75, 3.05) is 0 Å². The maximum atomic E-state index is 9.24. The Bertz CT molecular complexity index is 304. The van der Waals surface area contributed by atoms with E-state index in [-0.39, 0.29) is 5.37 Å². The lowest BCUT2D eigenvalue weighted by Crippen LogP contribution is -2.43. The lowest BCUT2D eigenvalue weighted by molar-refractivity contribution is 0.369. The quantitative estimate of drug-likeness (QED) is 0.719. The molecule has 1 saturated heterocycles. The third kappa shape index (κ3) is 6.20. The standard InChI is InChI=1S/C18H32N2S/c1-2-15-9-5-3-7-11-16-13-17(12-8-4-6-10-15)21-18(14-19)20-16/h15-18,20H,2-13H2,1H3. The molecule has 2 bridgehead atoms. The first-order valence-electron chi connectivity index (χ1n) is 9.13. The Morgan fingerprint density at radius 3 is 2.33 bits per heavy atom. The molecule has 2 rings (SSSR count). The van der Waals surface area contributed by atoms with Gasteiger partial charge in [0.2, 0.25) is 0 Å². The second kappa shape index (κ2) is 9.74. The molecular weight excluding hydrogens is 276 g/mol. The van der Waals surface area contributed by atoms with Gasteiger partial charge in [-0.05, 0) is 25.2 Å². The highest BCUT2D eigenvalue weighted by Crippen LogP contribution is 2.32. The molecule has 1 aliphatic heterocycles. The Morgan fingerprint density at radius 1 is 1.00 bits per heavy atom. The second-order valence-corrected chi connectivity index (χ2v) is 8.33. The Kier molecular flexibility index (Phi) is 7.96. The van der Waals surface area contributed by atoms with E-state index in [4.69, 9.17) is 0 Å². The molecule has 0 aromatic rings. The van der Waals surface area contributed by atoms with Crippen molar-refractivity contribution in [3.8, 4) is 6.07 Å². The predicted molar refractivity (Wildman–Crippen MR) is 92.3 cm³/mol. The molecule has 2 aliphatic rings. The van der Waals surface area contributed by atoms with Crippen LogP contribution in [0.5, 0.6) is 0 Å². The lowest BCUT2D eigenvalue weighted by Gasteiger charge is -2.33. The van der Waals surface area contributed by atoms with Crippen LogP contribution in [0.3, 0.4) is 0 Å². The summed E-state index contributed by atoms with van der Waals surface area (Å²) in [6.45, 7) is 2.36. The van der Waals surface area contributed by atoms with Crippen LogP contribution in [0.15, 0.2) is 0 Å². The average molecular weight is 309 g/mol. The van der Waals surface area contributed by atoms with Gasteiger partial charge in [-0.15, -0.1) is 11.8 Å². The molecule has 120 valence electrons. The van der Waals surface area contributed by atoms with E-state index in [0.29, 0.717) is 11.3 Å². The summed E-state index contributed by atoms with van der Waals surface area (Å²) in [7, 11) is 0. The van der Waals surface area contributed by atoms with E-state index in [0.717, 1.165) is 5.92 Å². The van der Waals surface area contributed by atoms with Gasteiger partial charge in [-0.3, -0.25) is 5.32 Å². The van der Waals surface area contributed by atoms with Gasteiger partial charge in [0.05, 0.1) is 6.07 Å². The zero-order valence-corrected chi connectivity index (χ0v) is 14.5. The van der Waals surface area contributed by atoms with Crippen LogP contribution in [0.2, 0.25) is 0 Å². The van der Waals surface area contributed by atoms with E-state index in [9.17, 15) is 5.26 Å². The van der Waals surface area contributed by atoms with Crippen molar-refractivity contribution in [3.05, 3.63) is 0 Å². The molecule has 3 heteroatoms. The maximum absolute atomic E-state index is 9.24. The molecule has 21 heavy (non-hydrogen) atoms. The molecule has 2 nitrogen and oxygen atoms in total. The summed E-state index contributed by atoms with van der Waals surface area (Å²) in [6.07, 6.45) is 16.4. The normalized spacial score (nSPS) is 36.4. The van der Waals surface area contributed by atoms with Crippen LogP contribution in [0, 0.1) is 17.2 Å². The van der Waals surface area contributed by atoms with Gasteiger partial charge in [-0.2, -0.15) is 5.26 Å². The number of fused-ring (bicyclic) bond motifs is 2. The van der Waals surface area contributed by atoms with Crippen LogP contribution >= 0.6 is 11.8 Å². The van der Waals surface area contributed by atoms with Gasteiger partial charge in [0.15, 0.2) is 0 Å². The van der Waals surface area contributed by atoms with Crippen molar-refractivity contribution < 1.29 is 0 Å². The Morgan fingerprint density at radius 2 is 1.67 bits per heavy atom. The molecule has 0 radical (unpaired) electrons. The van der Waals surface area contributed by atoms with Gasteiger partial charge in [0.25, 0.3) is 0 Å². The molecule has 0 aromatic heterocycles. The summed E-state index contributed by atoms with van der Waals surface area (Å²) in [5, 5.41) is 13.5. The highest BCUT2D eigenvalue weighted by Gasteiger charge is 2.28. The minimum Gasteiger partial charge on any atom is -0.291 e. The summed E-state index contributed by atoms with van der Waals surface area (Å²) >= 11 is 1.88. The first-order valence-corrected chi connectivity index (χ1v) is 10.1. The van der Waals surface area contributed by atoms with Crippen molar-refractivity contribution >= 4 is 11.8 Å². The number of nitrogens with one attached hydrogen (secondary N) is 1. The van der Waals surface area contributed by atoms with Gasteiger partial charge < -0.3 is 0 Å². The zero-order valence-electron chi connectivity index (χ0n) is 13.7. The molecule has 4 unspecified atom stereocenters.